The number of carbonyl (C=O) groups excluding carboxylic acids is 1. The molecule has 1 atom stereocenters. The highest BCUT2D eigenvalue weighted by atomic mass is 16.2. The van der Waals surface area contributed by atoms with E-state index in [2.05, 4.69) is 24.4 Å². The molecule has 16 heavy (non-hydrogen) atoms. The molecule has 3 nitrogen and oxygen atoms in total. The molecular formula is C13H16N2O. The molecule has 3 rings (SSSR count). The van der Waals surface area contributed by atoms with E-state index in [0.29, 0.717) is 12.6 Å². The van der Waals surface area contributed by atoms with Crippen LogP contribution in [-0.2, 0) is 4.79 Å². The van der Waals surface area contributed by atoms with Crippen LogP contribution in [0.3, 0.4) is 0 Å². The van der Waals surface area contributed by atoms with Gasteiger partial charge in [-0.15, -0.1) is 0 Å². The third-order valence-electron chi connectivity index (χ3n) is 3.44. The number of hydrogen-bond acceptors (Lipinski definition) is 2. The first kappa shape index (κ1) is 9.85. The average molecular weight is 216 g/mol. The van der Waals surface area contributed by atoms with Crippen LogP contribution in [0.15, 0.2) is 24.3 Å². The van der Waals surface area contributed by atoms with Gasteiger partial charge in [0.25, 0.3) is 0 Å². The fourth-order valence-corrected chi connectivity index (χ4v) is 2.44. The molecule has 1 amide bonds. The van der Waals surface area contributed by atoms with E-state index in [9.17, 15) is 4.79 Å². The number of nitrogens with one attached hydrogen (secondary N) is 1. The number of aryl methyl sites for hydroxylation is 1. The fraction of sp³-hybridized carbons (Fsp3) is 0.462. The van der Waals surface area contributed by atoms with Gasteiger partial charge in [-0.1, -0.05) is 24.3 Å². The van der Waals surface area contributed by atoms with E-state index in [0.717, 1.165) is 12.8 Å². The van der Waals surface area contributed by atoms with Gasteiger partial charge in [0, 0.05) is 6.04 Å². The molecule has 1 aromatic rings. The van der Waals surface area contributed by atoms with Crippen molar-refractivity contribution in [1.29, 1.82) is 0 Å². The van der Waals surface area contributed by atoms with Crippen LogP contribution in [0.25, 0.3) is 0 Å². The van der Waals surface area contributed by atoms with Gasteiger partial charge in [0.15, 0.2) is 0 Å². The van der Waals surface area contributed by atoms with Gasteiger partial charge in [0.1, 0.15) is 6.17 Å². The summed E-state index contributed by atoms with van der Waals surface area (Å²) in [5.74, 6) is 0.246. The van der Waals surface area contributed by atoms with E-state index in [-0.39, 0.29) is 12.1 Å². The maximum Gasteiger partial charge on any atom is 0.238 e. The molecule has 1 heterocycles. The summed E-state index contributed by atoms with van der Waals surface area (Å²) in [4.78, 5) is 13.8. The SMILES string of the molecule is Cc1ccccc1C1NCC(=O)N1C1CC1. The topological polar surface area (TPSA) is 32.3 Å². The zero-order chi connectivity index (χ0) is 11.1. The Balaban J connectivity index is 1.94. The Bertz CT molecular complexity index is 426. The van der Waals surface area contributed by atoms with Crippen molar-refractivity contribution in [1.82, 2.24) is 10.2 Å². The molecule has 0 spiro atoms. The van der Waals surface area contributed by atoms with Crippen molar-refractivity contribution < 1.29 is 4.79 Å². The minimum atomic E-state index is 0.0983. The van der Waals surface area contributed by atoms with Crippen LogP contribution in [0.5, 0.6) is 0 Å². The number of hydrogen-bond donors (Lipinski definition) is 1. The third kappa shape index (κ3) is 1.52. The number of carbonyl (C=O) groups is 1. The molecule has 2 aliphatic rings. The largest absolute Gasteiger partial charge is 0.319 e. The Morgan fingerprint density at radius 3 is 2.75 bits per heavy atom. The summed E-state index contributed by atoms with van der Waals surface area (Å²) in [6.07, 6.45) is 2.42. The highest BCUT2D eigenvalue weighted by Gasteiger charge is 2.41. The summed E-state index contributed by atoms with van der Waals surface area (Å²) in [6, 6.07) is 8.77. The quantitative estimate of drug-likeness (QED) is 0.814. The van der Waals surface area contributed by atoms with Crippen molar-refractivity contribution in [2.24, 2.45) is 0 Å². The maximum absolute atomic E-state index is 11.8. The lowest BCUT2D eigenvalue weighted by Crippen LogP contribution is -2.32. The van der Waals surface area contributed by atoms with Gasteiger partial charge in [0.2, 0.25) is 5.91 Å². The van der Waals surface area contributed by atoms with Crippen molar-refractivity contribution in [2.45, 2.75) is 32.0 Å². The third-order valence-corrected chi connectivity index (χ3v) is 3.44. The van der Waals surface area contributed by atoms with Crippen LogP contribution in [0.4, 0.5) is 0 Å². The molecule has 1 aliphatic carbocycles. The normalized spacial score (nSPS) is 25.2. The molecule has 3 heteroatoms. The Labute approximate surface area is 95.4 Å². The van der Waals surface area contributed by atoms with Crippen LogP contribution in [0, 0.1) is 6.92 Å². The lowest BCUT2D eigenvalue weighted by Gasteiger charge is -2.25. The molecule has 0 aromatic heterocycles. The second-order valence-electron chi connectivity index (χ2n) is 4.67. The molecule has 84 valence electrons. The average Bonchev–Trinajstić information content (AvgIpc) is 3.04. The number of benzene rings is 1. The van der Waals surface area contributed by atoms with E-state index in [1.807, 2.05) is 17.0 Å². The second kappa shape index (κ2) is 3.59. The van der Waals surface area contributed by atoms with Gasteiger partial charge in [-0.05, 0) is 30.9 Å². The first-order chi connectivity index (χ1) is 7.77. The first-order valence-corrected chi connectivity index (χ1v) is 5.87. The Hall–Kier alpha value is -1.35. The molecular weight excluding hydrogens is 200 g/mol. The van der Waals surface area contributed by atoms with E-state index >= 15 is 0 Å². The van der Waals surface area contributed by atoms with Crippen molar-refractivity contribution in [3.63, 3.8) is 0 Å². The Morgan fingerprint density at radius 1 is 1.31 bits per heavy atom. The summed E-state index contributed by atoms with van der Waals surface area (Å²) >= 11 is 0. The monoisotopic (exact) mass is 216 g/mol. The van der Waals surface area contributed by atoms with Gasteiger partial charge in [-0.3, -0.25) is 10.1 Å². The Morgan fingerprint density at radius 2 is 2.06 bits per heavy atom. The minimum absolute atomic E-state index is 0.0983. The van der Waals surface area contributed by atoms with Crippen LogP contribution in [-0.4, -0.2) is 23.4 Å². The summed E-state index contributed by atoms with van der Waals surface area (Å²) in [5.41, 5.74) is 2.49. The molecule has 0 bridgehead atoms. The van der Waals surface area contributed by atoms with Crippen LogP contribution in [0.1, 0.15) is 30.1 Å². The standard InChI is InChI=1S/C13H16N2O/c1-9-4-2-3-5-11(9)13-14-8-12(16)15(13)10-6-7-10/h2-5,10,13-14H,6-8H2,1H3. The van der Waals surface area contributed by atoms with Gasteiger partial charge in [-0.25, -0.2) is 0 Å². The highest BCUT2D eigenvalue weighted by Crippen LogP contribution is 2.36. The fourth-order valence-electron chi connectivity index (χ4n) is 2.44. The van der Waals surface area contributed by atoms with Gasteiger partial charge < -0.3 is 4.90 Å². The smallest absolute Gasteiger partial charge is 0.238 e. The molecule has 1 N–H and O–H groups in total. The Kier molecular flexibility index (Phi) is 2.21. The number of amides is 1. The molecule has 1 saturated carbocycles. The number of nitrogens with zero attached hydrogens (tertiary/aromatic N) is 1. The highest BCUT2D eigenvalue weighted by molar-refractivity contribution is 5.81. The maximum atomic E-state index is 11.8. The predicted molar refractivity (Wildman–Crippen MR) is 61.8 cm³/mol. The van der Waals surface area contributed by atoms with Crippen molar-refractivity contribution in [3.05, 3.63) is 35.4 Å². The summed E-state index contributed by atoms with van der Waals surface area (Å²) in [7, 11) is 0. The van der Waals surface area contributed by atoms with Gasteiger partial charge >= 0.3 is 0 Å². The van der Waals surface area contributed by atoms with E-state index in [4.69, 9.17) is 0 Å². The zero-order valence-electron chi connectivity index (χ0n) is 9.44. The second-order valence-corrected chi connectivity index (χ2v) is 4.67. The van der Waals surface area contributed by atoms with E-state index in [1.54, 1.807) is 0 Å². The lowest BCUT2D eigenvalue weighted by molar-refractivity contribution is -0.128. The zero-order valence-corrected chi connectivity index (χ0v) is 9.44. The number of rotatable bonds is 2. The van der Waals surface area contributed by atoms with Crippen molar-refractivity contribution in [3.8, 4) is 0 Å². The van der Waals surface area contributed by atoms with E-state index < -0.39 is 0 Å². The minimum Gasteiger partial charge on any atom is -0.319 e. The molecule has 1 unspecified atom stereocenters. The lowest BCUT2D eigenvalue weighted by atomic mass is 10.1. The summed E-state index contributed by atoms with van der Waals surface area (Å²) < 4.78 is 0. The summed E-state index contributed by atoms with van der Waals surface area (Å²) in [6.45, 7) is 2.58. The van der Waals surface area contributed by atoms with Crippen molar-refractivity contribution in [2.75, 3.05) is 6.54 Å². The molecule has 2 fully saturated rings. The molecule has 1 aliphatic heterocycles. The van der Waals surface area contributed by atoms with E-state index in [1.165, 1.54) is 11.1 Å². The molecule has 0 radical (unpaired) electrons. The van der Waals surface area contributed by atoms with Crippen LogP contribution in [0.2, 0.25) is 0 Å². The summed E-state index contributed by atoms with van der Waals surface area (Å²) in [5, 5.41) is 3.31. The molecule has 1 saturated heterocycles. The van der Waals surface area contributed by atoms with Crippen LogP contribution < -0.4 is 5.32 Å². The predicted octanol–water partition coefficient (Wildman–Crippen LogP) is 1.59. The molecule has 1 aromatic carbocycles. The first-order valence-electron chi connectivity index (χ1n) is 5.87. The van der Waals surface area contributed by atoms with Gasteiger partial charge in [0.05, 0.1) is 6.54 Å². The van der Waals surface area contributed by atoms with Gasteiger partial charge in [-0.2, -0.15) is 0 Å². The van der Waals surface area contributed by atoms with Crippen molar-refractivity contribution >= 4 is 5.91 Å². The van der Waals surface area contributed by atoms with Crippen LogP contribution >= 0.6 is 0 Å².